The molecule has 0 amide bonds. The Morgan fingerprint density at radius 1 is 0.844 bits per heavy atom. The third-order valence-corrected chi connectivity index (χ3v) is 5.02. The molecule has 3 aromatic rings. The number of hydrogen-bond donors (Lipinski definition) is 0. The molecular formula is C29H36Cl2Hf-2. The Morgan fingerprint density at radius 3 is 1.81 bits per heavy atom. The van der Waals surface area contributed by atoms with Gasteiger partial charge in [-0.2, -0.15) is 42.0 Å². The molecule has 32 heavy (non-hydrogen) atoms. The Hall–Kier alpha value is -0.890. The maximum absolute atomic E-state index is 3.67. The molecule has 0 saturated heterocycles. The van der Waals surface area contributed by atoms with Crippen molar-refractivity contribution in [2.24, 2.45) is 0 Å². The molecule has 0 fully saturated rings. The molecule has 0 bridgehead atoms. The quantitative estimate of drug-likeness (QED) is 0.205. The van der Waals surface area contributed by atoms with E-state index in [-0.39, 0.29) is 35.6 Å². The van der Waals surface area contributed by atoms with Crippen molar-refractivity contribution < 1.29 is 48.7 Å². The second-order valence-electron chi connectivity index (χ2n) is 10.3. The third kappa shape index (κ3) is 9.16. The van der Waals surface area contributed by atoms with E-state index in [1.165, 1.54) is 57.3 Å². The topological polar surface area (TPSA) is 0 Å². The maximum Gasteiger partial charge on any atom is -0.172 e. The Morgan fingerprint density at radius 2 is 1.38 bits per heavy atom. The summed E-state index contributed by atoms with van der Waals surface area (Å²) in [4.78, 5) is 0. The monoisotopic (exact) mass is 634 g/mol. The SMILES string of the molecule is CC(C)(C)c1[c-]c2c(cc1)-c1ccc(C(C)(C)C)cc1C2.C[C](C)=[Hf+2].[Cl-].[Cl-].c1cc[cH-]c1. The van der Waals surface area contributed by atoms with E-state index in [0.29, 0.717) is 0 Å². The van der Waals surface area contributed by atoms with E-state index in [0.717, 1.165) is 6.42 Å². The fourth-order valence-corrected chi connectivity index (χ4v) is 3.35. The predicted molar refractivity (Wildman–Crippen MR) is 129 cm³/mol. The average Bonchev–Trinajstić information content (AvgIpc) is 3.30. The molecule has 4 rings (SSSR count). The van der Waals surface area contributed by atoms with Gasteiger partial charge in [0, 0.05) is 0 Å². The van der Waals surface area contributed by atoms with Gasteiger partial charge in [-0.1, -0.05) is 65.3 Å². The van der Waals surface area contributed by atoms with Crippen LogP contribution in [0.1, 0.15) is 77.6 Å². The Kier molecular flexibility index (Phi) is 12.7. The zero-order chi connectivity index (χ0) is 22.5. The molecule has 0 spiro atoms. The van der Waals surface area contributed by atoms with Crippen molar-refractivity contribution >= 4 is 3.26 Å². The van der Waals surface area contributed by atoms with Crippen LogP contribution in [0.25, 0.3) is 11.1 Å². The van der Waals surface area contributed by atoms with E-state index in [4.69, 9.17) is 0 Å². The van der Waals surface area contributed by atoms with Crippen LogP contribution in [0.15, 0.2) is 60.7 Å². The molecule has 1 aliphatic rings. The van der Waals surface area contributed by atoms with Crippen LogP contribution in [-0.4, -0.2) is 3.26 Å². The van der Waals surface area contributed by atoms with Crippen molar-refractivity contribution in [1.29, 1.82) is 0 Å². The first-order valence-electron chi connectivity index (χ1n) is 10.8. The summed E-state index contributed by atoms with van der Waals surface area (Å²) in [6.45, 7) is 17.9. The van der Waals surface area contributed by atoms with E-state index in [2.05, 4.69) is 91.8 Å². The minimum atomic E-state index is 0. The zero-order valence-electron chi connectivity index (χ0n) is 20.7. The number of fused-ring (bicyclic) bond motifs is 3. The molecule has 0 atom stereocenters. The molecule has 0 radical (unpaired) electrons. The largest absolute Gasteiger partial charge is 1.00 e. The molecule has 3 aromatic carbocycles. The van der Waals surface area contributed by atoms with Gasteiger partial charge in [-0.25, -0.2) is 12.1 Å². The second-order valence-corrected chi connectivity index (χ2v) is 13.9. The number of hydrogen-bond acceptors (Lipinski definition) is 0. The number of benzene rings is 2. The van der Waals surface area contributed by atoms with E-state index >= 15 is 0 Å². The number of rotatable bonds is 0. The summed E-state index contributed by atoms with van der Waals surface area (Å²) >= 11 is 1.27. The fourth-order valence-electron chi connectivity index (χ4n) is 3.35. The molecule has 0 saturated carbocycles. The summed E-state index contributed by atoms with van der Waals surface area (Å²) in [5.74, 6) is 0. The first kappa shape index (κ1) is 31.1. The van der Waals surface area contributed by atoms with E-state index in [9.17, 15) is 0 Å². The van der Waals surface area contributed by atoms with Gasteiger partial charge in [-0.05, 0) is 28.4 Å². The number of halogens is 2. The summed E-state index contributed by atoms with van der Waals surface area (Å²) in [7, 11) is 0. The molecular weight excluding hydrogens is 598 g/mol. The Balaban J connectivity index is 0.000000739. The van der Waals surface area contributed by atoms with Crippen LogP contribution in [0.3, 0.4) is 0 Å². The predicted octanol–water partition coefficient (Wildman–Crippen LogP) is 1.81. The van der Waals surface area contributed by atoms with Gasteiger partial charge in [0.2, 0.25) is 0 Å². The Labute approximate surface area is 223 Å². The standard InChI is InChI=1S/C21H25.C5H5.C3H6.2ClH.Hf/c1-20(2,3)16-7-9-18-14(12-16)11-15-13-17(21(4,5)6)8-10-19(15)18;1-2-4-5-3-1;1-3-2;;;/h7-10,12H,11H2,1-6H3;1-5H;1-2H3;2*1H;/q2*-1;;;;+2/p-2. The molecule has 0 unspecified atom stereocenters. The van der Waals surface area contributed by atoms with Crippen LogP contribution < -0.4 is 24.8 Å². The summed E-state index contributed by atoms with van der Waals surface area (Å²) in [5.41, 5.74) is 8.70. The van der Waals surface area contributed by atoms with Crippen molar-refractivity contribution in [2.45, 2.75) is 72.6 Å². The van der Waals surface area contributed by atoms with E-state index in [1.807, 2.05) is 30.3 Å². The van der Waals surface area contributed by atoms with Crippen molar-refractivity contribution in [1.82, 2.24) is 0 Å². The molecule has 0 aromatic heterocycles. The van der Waals surface area contributed by atoms with Gasteiger partial charge in [0.1, 0.15) is 0 Å². The van der Waals surface area contributed by atoms with Crippen LogP contribution in [0.2, 0.25) is 0 Å². The molecule has 172 valence electrons. The zero-order valence-corrected chi connectivity index (χ0v) is 25.8. The average molecular weight is 634 g/mol. The fraction of sp³-hybridized carbons (Fsp3) is 0.379. The molecule has 0 N–H and O–H groups in total. The van der Waals surface area contributed by atoms with Crippen molar-refractivity contribution in [3.63, 3.8) is 0 Å². The second kappa shape index (κ2) is 13.1. The summed E-state index contributed by atoms with van der Waals surface area (Å²) in [5, 5.41) is 0. The minimum absolute atomic E-state index is 0. The first-order chi connectivity index (χ1) is 13.9. The summed E-state index contributed by atoms with van der Waals surface area (Å²) < 4.78 is 1.56. The van der Waals surface area contributed by atoms with Gasteiger partial charge in [-0.3, -0.25) is 0 Å². The minimum Gasteiger partial charge on any atom is -1.00 e. The Bertz CT molecular complexity index is 889. The van der Waals surface area contributed by atoms with Crippen molar-refractivity contribution in [3.8, 4) is 11.1 Å². The van der Waals surface area contributed by atoms with Crippen LogP contribution in [0, 0.1) is 6.07 Å². The molecule has 1 aliphatic carbocycles. The molecule has 0 heterocycles. The summed E-state index contributed by atoms with van der Waals surface area (Å²) in [6, 6.07) is 25.2. The van der Waals surface area contributed by atoms with Gasteiger partial charge >= 0.3 is 41.0 Å². The van der Waals surface area contributed by atoms with Crippen molar-refractivity contribution in [2.75, 3.05) is 0 Å². The summed E-state index contributed by atoms with van der Waals surface area (Å²) in [6.07, 6.45) is 1.03. The van der Waals surface area contributed by atoms with Crippen LogP contribution in [-0.2, 0) is 41.1 Å². The smallest absolute Gasteiger partial charge is 0.172 e. The van der Waals surface area contributed by atoms with Crippen LogP contribution >= 0.6 is 0 Å². The van der Waals surface area contributed by atoms with Gasteiger partial charge in [0.05, 0.1) is 0 Å². The van der Waals surface area contributed by atoms with E-state index in [1.54, 1.807) is 3.26 Å². The first-order valence-corrected chi connectivity index (χ1v) is 12.6. The van der Waals surface area contributed by atoms with Gasteiger partial charge in [0.25, 0.3) is 0 Å². The maximum atomic E-state index is 3.67. The van der Waals surface area contributed by atoms with Gasteiger partial charge in [0.15, 0.2) is 0 Å². The van der Waals surface area contributed by atoms with Gasteiger partial charge in [-0.15, -0.1) is 11.1 Å². The van der Waals surface area contributed by atoms with Crippen molar-refractivity contribution in [3.05, 3.63) is 89.0 Å². The molecule has 0 nitrogen and oxygen atoms in total. The van der Waals surface area contributed by atoms with E-state index < -0.39 is 0 Å². The van der Waals surface area contributed by atoms with Crippen LogP contribution in [0.5, 0.6) is 0 Å². The van der Waals surface area contributed by atoms with Gasteiger partial charge < -0.3 is 24.8 Å². The normalized spacial score (nSPS) is 11.3. The van der Waals surface area contributed by atoms with Crippen LogP contribution in [0.4, 0.5) is 0 Å². The molecule has 0 aliphatic heterocycles. The third-order valence-electron chi connectivity index (χ3n) is 5.02. The molecule has 3 heteroatoms.